The number of hydrogen-bond acceptors (Lipinski definition) is 4. The Morgan fingerprint density at radius 2 is 1.21 bits per heavy atom. The highest BCUT2D eigenvalue weighted by Crippen LogP contribution is 2.43. The zero-order valence-electron chi connectivity index (χ0n) is 16.9. The molecule has 3 aromatic rings. The number of rotatable bonds is 6. The molecule has 0 aliphatic heterocycles. The van der Waals surface area contributed by atoms with E-state index in [2.05, 4.69) is 40.8 Å². The van der Waals surface area contributed by atoms with Crippen LogP contribution in [-0.2, 0) is 0 Å². The number of H-pyrrole nitrogens is 1. The monoisotopic (exact) mass is 445 g/mol. The lowest BCUT2D eigenvalue weighted by molar-refractivity contribution is 0.324. The third-order valence-corrected chi connectivity index (χ3v) is 5.58. The van der Waals surface area contributed by atoms with Crippen LogP contribution in [0.2, 0.25) is 0 Å². The molecule has 148 valence electrons. The first-order valence-corrected chi connectivity index (χ1v) is 9.57. The van der Waals surface area contributed by atoms with Crippen LogP contribution in [0.25, 0.3) is 22.5 Å². The molecule has 3 rings (SSSR count). The predicted octanol–water partition coefficient (Wildman–Crippen LogP) is 5.76. The molecule has 0 unspecified atom stereocenters. The minimum absolute atomic E-state index is 0.578. The molecule has 0 bridgehead atoms. The molecule has 6 heteroatoms. The lowest BCUT2D eigenvalue weighted by Crippen LogP contribution is -1.96. The number of aromatic amines is 1. The van der Waals surface area contributed by atoms with Gasteiger partial charge >= 0.3 is 0 Å². The highest BCUT2D eigenvalue weighted by Gasteiger charge is 2.19. The van der Waals surface area contributed by atoms with E-state index >= 15 is 0 Å². The largest absolute Gasteiger partial charge is 0.496 e. The zero-order chi connectivity index (χ0) is 20.4. The fraction of sp³-hybridized carbons (Fsp3) is 0.273. The summed E-state index contributed by atoms with van der Waals surface area (Å²) in [7, 11) is 6.50. The second-order valence-electron chi connectivity index (χ2n) is 6.39. The van der Waals surface area contributed by atoms with Gasteiger partial charge in [-0.15, -0.1) is 0 Å². The van der Waals surface area contributed by atoms with Gasteiger partial charge in [-0.3, -0.25) is 0 Å². The van der Waals surface area contributed by atoms with E-state index in [0.29, 0.717) is 17.2 Å². The fourth-order valence-electron chi connectivity index (χ4n) is 3.31. The van der Waals surface area contributed by atoms with Crippen LogP contribution in [-0.4, -0.2) is 33.4 Å². The molecule has 28 heavy (non-hydrogen) atoms. The van der Waals surface area contributed by atoms with E-state index in [1.807, 2.05) is 24.3 Å². The summed E-state index contributed by atoms with van der Waals surface area (Å²) in [5, 5.41) is 0. The van der Waals surface area contributed by atoms with Gasteiger partial charge in [-0.05, 0) is 76.8 Å². The second kappa shape index (κ2) is 8.19. The highest BCUT2D eigenvalue weighted by molar-refractivity contribution is 9.10. The molecule has 0 aliphatic rings. The van der Waals surface area contributed by atoms with Gasteiger partial charge in [0.2, 0.25) is 5.75 Å². The average Bonchev–Trinajstić information content (AvgIpc) is 3.01. The van der Waals surface area contributed by atoms with E-state index in [9.17, 15) is 0 Å². The molecule has 1 aromatic heterocycles. The Bertz CT molecular complexity index is 985. The van der Waals surface area contributed by atoms with Crippen molar-refractivity contribution in [1.29, 1.82) is 0 Å². The summed E-state index contributed by atoms with van der Waals surface area (Å²) in [4.78, 5) is 3.57. The Morgan fingerprint density at radius 3 is 1.68 bits per heavy atom. The van der Waals surface area contributed by atoms with Crippen LogP contribution in [0.15, 0.2) is 34.8 Å². The topological polar surface area (TPSA) is 52.7 Å². The average molecular weight is 446 g/mol. The first-order valence-electron chi connectivity index (χ1n) is 8.78. The molecule has 0 fully saturated rings. The van der Waals surface area contributed by atoms with E-state index in [0.717, 1.165) is 38.3 Å². The van der Waals surface area contributed by atoms with Crippen LogP contribution in [0.1, 0.15) is 11.1 Å². The van der Waals surface area contributed by atoms with Gasteiger partial charge in [-0.2, -0.15) is 0 Å². The van der Waals surface area contributed by atoms with Crippen LogP contribution in [0, 0.1) is 13.8 Å². The SMILES string of the molecule is COc1ccc(-c2[nH]c(-c3cc(OC)c(OC)c(OC)c3)c(C)c2C)cc1Br. The van der Waals surface area contributed by atoms with Crippen molar-refractivity contribution in [3.63, 3.8) is 0 Å². The van der Waals surface area contributed by atoms with Crippen molar-refractivity contribution in [1.82, 2.24) is 4.98 Å². The summed E-state index contributed by atoms with van der Waals surface area (Å²) in [6.07, 6.45) is 0. The third-order valence-electron chi connectivity index (χ3n) is 4.96. The molecule has 0 radical (unpaired) electrons. The van der Waals surface area contributed by atoms with Crippen molar-refractivity contribution in [2.24, 2.45) is 0 Å². The Morgan fingerprint density at radius 1 is 0.679 bits per heavy atom. The maximum absolute atomic E-state index is 5.50. The molecule has 0 saturated carbocycles. The number of nitrogens with one attached hydrogen (secondary N) is 1. The normalized spacial score (nSPS) is 10.7. The van der Waals surface area contributed by atoms with Gasteiger partial charge in [0.05, 0.1) is 32.9 Å². The van der Waals surface area contributed by atoms with Crippen molar-refractivity contribution in [3.05, 3.63) is 45.9 Å². The van der Waals surface area contributed by atoms with Gasteiger partial charge in [-0.1, -0.05) is 0 Å². The van der Waals surface area contributed by atoms with Crippen LogP contribution >= 0.6 is 15.9 Å². The summed E-state index contributed by atoms with van der Waals surface area (Å²) in [5.74, 6) is 2.62. The molecule has 1 heterocycles. The smallest absolute Gasteiger partial charge is 0.203 e. The molecule has 0 amide bonds. The first kappa shape index (κ1) is 20.1. The summed E-state index contributed by atoms with van der Waals surface area (Å²) >= 11 is 3.57. The van der Waals surface area contributed by atoms with Crippen molar-refractivity contribution in [3.8, 4) is 45.5 Å². The number of hydrogen-bond donors (Lipinski definition) is 1. The third kappa shape index (κ3) is 3.44. The summed E-state index contributed by atoms with van der Waals surface area (Å²) in [6, 6.07) is 9.95. The Balaban J connectivity index is 2.15. The Hall–Kier alpha value is -2.60. The Labute approximate surface area is 173 Å². The van der Waals surface area contributed by atoms with Crippen molar-refractivity contribution in [2.75, 3.05) is 28.4 Å². The lowest BCUT2D eigenvalue weighted by atomic mass is 10.0. The second-order valence-corrected chi connectivity index (χ2v) is 7.24. The van der Waals surface area contributed by atoms with Crippen LogP contribution in [0.3, 0.4) is 0 Å². The Kier molecular flexibility index (Phi) is 5.89. The number of benzene rings is 2. The molecule has 0 aliphatic carbocycles. The summed E-state index contributed by atoms with van der Waals surface area (Å²) in [5.41, 5.74) is 6.46. The molecular formula is C22H24BrNO4. The predicted molar refractivity (Wildman–Crippen MR) is 115 cm³/mol. The van der Waals surface area contributed by atoms with Crippen molar-refractivity contribution < 1.29 is 18.9 Å². The van der Waals surface area contributed by atoms with E-state index in [4.69, 9.17) is 18.9 Å². The fourth-order valence-corrected chi connectivity index (χ4v) is 3.85. The van der Waals surface area contributed by atoms with E-state index in [-0.39, 0.29) is 0 Å². The number of methoxy groups -OCH3 is 4. The number of ether oxygens (including phenoxy) is 4. The van der Waals surface area contributed by atoms with Crippen molar-refractivity contribution >= 4 is 15.9 Å². The minimum Gasteiger partial charge on any atom is -0.496 e. The number of halogens is 1. The summed E-state index contributed by atoms with van der Waals surface area (Å²) < 4.78 is 22.7. The molecule has 2 aromatic carbocycles. The van der Waals surface area contributed by atoms with Crippen LogP contribution in [0.5, 0.6) is 23.0 Å². The van der Waals surface area contributed by atoms with Gasteiger partial charge in [0, 0.05) is 17.0 Å². The van der Waals surface area contributed by atoms with Gasteiger partial charge < -0.3 is 23.9 Å². The van der Waals surface area contributed by atoms with E-state index in [1.165, 1.54) is 5.56 Å². The summed E-state index contributed by atoms with van der Waals surface area (Å²) in [6.45, 7) is 4.22. The van der Waals surface area contributed by atoms with Gasteiger partial charge in [0.25, 0.3) is 0 Å². The zero-order valence-corrected chi connectivity index (χ0v) is 18.5. The van der Waals surface area contributed by atoms with Gasteiger partial charge in [0.1, 0.15) is 5.75 Å². The lowest BCUT2D eigenvalue weighted by Gasteiger charge is -2.14. The van der Waals surface area contributed by atoms with Gasteiger partial charge in [0.15, 0.2) is 11.5 Å². The highest BCUT2D eigenvalue weighted by atomic mass is 79.9. The number of aromatic nitrogens is 1. The molecule has 0 spiro atoms. The first-order chi connectivity index (χ1) is 13.4. The molecule has 0 atom stereocenters. The standard InChI is InChI=1S/C22H24BrNO4/c1-12-13(2)21(15-10-18(26-4)22(28-6)19(11-15)27-5)24-20(12)14-7-8-17(25-3)16(23)9-14/h7-11,24H,1-6H3. The molecule has 0 saturated heterocycles. The van der Waals surface area contributed by atoms with E-state index in [1.54, 1.807) is 28.4 Å². The molecule has 5 nitrogen and oxygen atoms in total. The van der Waals surface area contributed by atoms with Gasteiger partial charge in [-0.25, -0.2) is 0 Å². The molecule has 1 N–H and O–H groups in total. The van der Waals surface area contributed by atoms with Crippen LogP contribution < -0.4 is 18.9 Å². The quantitative estimate of drug-likeness (QED) is 0.523. The van der Waals surface area contributed by atoms with Crippen LogP contribution in [0.4, 0.5) is 0 Å². The minimum atomic E-state index is 0.578. The van der Waals surface area contributed by atoms with Crippen molar-refractivity contribution in [2.45, 2.75) is 13.8 Å². The maximum Gasteiger partial charge on any atom is 0.203 e. The van der Waals surface area contributed by atoms with E-state index < -0.39 is 0 Å². The maximum atomic E-state index is 5.50. The molecular weight excluding hydrogens is 422 g/mol.